The van der Waals surface area contributed by atoms with Crippen molar-refractivity contribution in [1.82, 2.24) is 0 Å². The van der Waals surface area contributed by atoms with E-state index in [-0.39, 0.29) is 18.3 Å². The second-order valence-corrected chi connectivity index (χ2v) is 5.02. The van der Waals surface area contributed by atoms with E-state index >= 15 is 0 Å². The number of hydrogen-bond donors (Lipinski definition) is 2. The van der Waals surface area contributed by atoms with Gasteiger partial charge in [0.1, 0.15) is 11.6 Å². The number of hydrogen-bond acceptors (Lipinski definition) is 3. The van der Waals surface area contributed by atoms with Gasteiger partial charge in [0, 0.05) is 16.8 Å². The van der Waals surface area contributed by atoms with Gasteiger partial charge < -0.3 is 15.2 Å². The van der Waals surface area contributed by atoms with Gasteiger partial charge in [-0.25, -0.2) is 4.39 Å². The van der Waals surface area contributed by atoms with Gasteiger partial charge in [-0.1, -0.05) is 12.1 Å². The Morgan fingerprint density at radius 2 is 1.96 bits per heavy atom. The first-order chi connectivity index (χ1) is 11.0. The lowest BCUT2D eigenvalue weighted by atomic mass is 10.1. The van der Waals surface area contributed by atoms with Crippen molar-refractivity contribution in [3.63, 3.8) is 0 Å². The Morgan fingerprint density at radius 3 is 2.57 bits per heavy atom. The Hall–Kier alpha value is -2.66. The molecule has 0 fully saturated rings. The van der Waals surface area contributed by atoms with Gasteiger partial charge in [-0.05, 0) is 48.9 Å². The molecule has 1 amide bonds. The maximum Gasteiger partial charge on any atom is 0.251 e. The average molecular weight is 315 g/mol. The molecule has 2 N–H and O–H groups in total. The van der Waals surface area contributed by atoms with Crippen molar-refractivity contribution in [3.8, 4) is 5.75 Å². The Balaban J connectivity index is 2.13. The molecule has 0 aliphatic rings. The lowest BCUT2D eigenvalue weighted by molar-refractivity contribution is -0.112. The topological polar surface area (TPSA) is 58.6 Å². The maximum atomic E-state index is 12.9. The molecule has 0 atom stereocenters. The SMILES string of the molecule is COc1ccc(NC(=O)/C(C)=C/c2ccc(F)cc2)cc1CO. The highest BCUT2D eigenvalue weighted by atomic mass is 19.1. The summed E-state index contributed by atoms with van der Waals surface area (Å²) in [7, 11) is 1.52. The maximum absolute atomic E-state index is 12.9. The fourth-order valence-corrected chi connectivity index (χ4v) is 2.08. The van der Waals surface area contributed by atoms with Crippen molar-refractivity contribution in [2.24, 2.45) is 0 Å². The van der Waals surface area contributed by atoms with Gasteiger partial charge in [0.25, 0.3) is 5.91 Å². The number of aliphatic hydroxyl groups excluding tert-OH is 1. The van der Waals surface area contributed by atoms with Crippen LogP contribution in [0.25, 0.3) is 6.08 Å². The first-order valence-electron chi connectivity index (χ1n) is 7.06. The largest absolute Gasteiger partial charge is 0.496 e. The Kier molecular flexibility index (Phi) is 5.49. The van der Waals surface area contributed by atoms with Crippen LogP contribution in [0.5, 0.6) is 5.75 Å². The fourth-order valence-electron chi connectivity index (χ4n) is 2.08. The molecule has 0 radical (unpaired) electrons. The summed E-state index contributed by atoms with van der Waals surface area (Å²) >= 11 is 0. The molecule has 2 aromatic rings. The molecule has 0 aliphatic carbocycles. The summed E-state index contributed by atoms with van der Waals surface area (Å²) in [6.07, 6.45) is 1.67. The lowest BCUT2D eigenvalue weighted by Crippen LogP contribution is -2.12. The van der Waals surface area contributed by atoms with Crippen molar-refractivity contribution < 1.29 is 19.0 Å². The van der Waals surface area contributed by atoms with Crippen LogP contribution in [-0.2, 0) is 11.4 Å². The molecule has 0 saturated heterocycles. The molecule has 120 valence electrons. The average Bonchev–Trinajstić information content (AvgIpc) is 2.56. The number of carbonyl (C=O) groups is 1. The van der Waals surface area contributed by atoms with Crippen molar-refractivity contribution in [2.75, 3.05) is 12.4 Å². The van der Waals surface area contributed by atoms with Gasteiger partial charge in [0.2, 0.25) is 0 Å². The van der Waals surface area contributed by atoms with Gasteiger partial charge in [-0.15, -0.1) is 0 Å². The molecule has 0 aromatic heterocycles. The number of anilines is 1. The Morgan fingerprint density at radius 1 is 1.26 bits per heavy atom. The molecule has 0 saturated carbocycles. The van der Waals surface area contributed by atoms with E-state index < -0.39 is 0 Å². The third kappa shape index (κ3) is 4.40. The molecular weight excluding hydrogens is 297 g/mol. The predicted molar refractivity (Wildman–Crippen MR) is 87.6 cm³/mol. The zero-order valence-electron chi connectivity index (χ0n) is 13.0. The third-order valence-corrected chi connectivity index (χ3v) is 3.32. The Labute approximate surface area is 134 Å². The van der Waals surface area contributed by atoms with Crippen LogP contribution in [0.2, 0.25) is 0 Å². The van der Waals surface area contributed by atoms with E-state index in [9.17, 15) is 14.3 Å². The minimum Gasteiger partial charge on any atom is -0.496 e. The van der Waals surface area contributed by atoms with Crippen LogP contribution >= 0.6 is 0 Å². The number of nitrogens with one attached hydrogen (secondary N) is 1. The number of ether oxygens (including phenoxy) is 1. The van der Waals surface area contributed by atoms with E-state index in [0.29, 0.717) is 22.6 Å². The van der Waals surface area contributed by atoms with Crippen LogP contribution in [0, 0.1) is 5.82 Å². The summed E-state index contributed by atoms with van der Waals surface area (Å²) in [4.78, 5) is 12.2. The number of methoxy groups -OCH3 is 1. The second-order valence-electron chi connectivity index (χ2n) is 5.02. The number of rotatable bonds is 5. The molecular formula is C18H18FNO3. The smallest absolute Gasteiger partial charge is 0.251 e. The summed E-state index contributed by atoms with van der Waals surface area (Å²) in [6.45, 7) is 1.49. The van der Waals surface area contributed by atoms with E-state index in [2.05, 4.69) is 5.32 Å². The van der Waals surface area contributed by atoms with E-state index in [4.69, 9.17) is 4.74 Å². The Bertz CT molecular complexity index is 724. The zero-order valence-corrected chi connectivity index (χ0v) is 13.0. The van der Waals surface area contributed by atoms with Crippen LogP contribution < -0.4 is 10.1 Å². The molecule has 0 spiro atoms. The molecule has 0 aliphatic heterocycles. The number of halogens is 1. The first-order valence-corrected chi connectivity index (χ1v) is 7.06. The van der Waals surface area contributed by atoms with Crippen molar-refractivity contribution in [1.29, 1.82) is 0 Å². The molecule has 5 heteroatoms. The van der Waals surface area contributed by atoms with E-state index in [1.807, 2.05) is 0 Å². The van der Waals surface area contributed by atoms with Gasteiger partial charge in [-0.2, -0.15) is 0 Å². The molecule has 4 nitrogen and oxygen atoms in total. The van der Waals surface area contributed by atoms with Crippen LogP contribution in [0.4, 0.5) is 10.1 Å². The summed E-state index contributed by atoms with van der Waals surface area (Å²) < 4.78 is 18.0. The zero-order chi connectivity index (χ0) is 16.8. The summed E-state index contributed by atoms with van der Waals surface area (Å²) in [5, 5.41) is 12.1. The summed E-state index contributed by atoms with van der Waals surface area (Å²) in [5.41, 5.74) is 2.37. The highest BCUT2D eigenvalue weighted by molar-refractivity contribution is 6.06. The highest BCUT2D eigenvalue weighted by Gasteiger charge is 2.08. The van der Waals surface area contributed by atoms with E-state index in [1.54, 1.807) is 43.3 Å². The van der Waals surface area contributed by atoms with Crippen molar-refractivity contribution in [3.05, 3.63) is 65.0 Å². The van der Waals surface area contributed by atoms with Crippen LogP contribution in [0.15, 0.2) is 48.0 Å². The van der Waals surface area contributed by atoms with Gasteiger partial charge in [-0.3, -0.25) is 4.79 Å². The fraction of sp³-hybridized carbons (Fsp3) is 0.167. The molecule has 0 heterocycles. The van der Waals surface area contributed by atoms with Crippen molar-refractivity contribution in [2.45, 2.75) is 13.5 Å². The summed E-state index contributed by atoms with van der Waals surface area (Å²) in [6, 6.07) is 10.9. The highest BCUT2D eigenvalue weighted by Crippen LogP contribution is 2.23. The van der Waals surface area contributed by atoms with Gasteiger partial charge in [0.15, 0.2) is 0 Å². The number of aliphatic hydroxyl groups is 1. The van der Waals surface area contributed by atoms with E-state index in [0.717, 1.165) is 5.56 Å². The molecule has 23 heavy (non-hydrogen) atoms. The van der Waals surface area contributed by atoms with Crippen molar-refractivity contribution >= 4 is 17.7 Å². The normalized spacial score (nSPS) is 11.2. The summed E-state index contributed by atoms with van der Waals surface area (Å²) in [5.74, 6) is -0.0357. The predicted octanol–water partition coefficient (Wildman–Crippen LogP) is 3.37. The van der Waals surface area contributed by atoms with Gasteiger partial charge >= 0.3 is 0 Å². The third-order valence-electron chi connectivity index (χ3n) is 3.32. The minimum atomic E-state index is -0.320. The lowest BCUT2D eigenvalue weighted by Gasteiger charge is -2.10. The quantitative estimate of drug-likeness (QED) is 0.832. The molecule has 2 aromatic carbocycles. The standard InChI is InChI=1S/C18H18FNO3/c1-12(9-13-3-5-15(19)6-4-13)18(22)20-16-7-8-17(23-2)14(10-16)11-21/h3-10,21H,11H2,1-2H3,(H,20,22)/b12-9+. The van der Waals surface area contributed by atoms with E-state index in [1.165, 1.54) is 19.2 Å². The van der Waals surface area contributed by atoms with Crippen LogP contribution in [0.1, 0.15) is 18.1 Å². The number of carbonyl (C=O) groups excluding carboxylic acids is 1. The first kappa shape index (κ1) is 16.7. The second kappa shape index (κ2) is 7.56. The number of amides is 1. The van der Waals surface area contributed by atoms with Crippen LogP contribution in [0.3, 0.4) is 0 Å². The minimum absolute atomic E-state index is 0.183. The monoisotopic (exact) mass is 315 g/mol. The number of benzene rings is 2. The molecule has 2 rings (SSSR count). The molecule has 0 bridgehead atoms. The molecule has 0 unspecified atom stereocenters. The van der Waals surface area contributed by atoms with Gasteiger partial charge in [0.05, 0.1) is 13.7 Å². The van der Waals surface area contributed by atoms with Crippen LogP contribution in [-0.4, -0.2) is 18.1 Å².